The van der Waals surface area contributed by atoms with E-state index in [1.54, 1.807) is 26.8 Å². The van der Waals surface area contributed by atoms with E-state index in [-0.39, 0.29) is 41.7 Å². The van der Waals surface area contributed by atoms with Crippen LogP contribution in [0.1, 0.15) is 61.8 Å². The molecule has 51 heavy (non-hydrogen) atoms. The molecule has 4 rings (SSSR count). The van der Waals surface area contributed by atoms with Crippen molar-refractivity contribution in [3.05, 3.63) is 43.0 Å². The lowest BCUT2D eigenvalue weighted by atomic mass is 9.85. The second kappa shape index (κ2) is 13.5. The molecule has 1 saturated heterocycles. The quantitative estimate of drug-likeness (QED) is 0.234. The van der Waals surface area contributed by atoms with Crippen molar-refractivity contribution in [2.75, 3.05) is 26.4 Å². The number of hydrogen-bond acceptors (Lipinski definition) is 8. The molecule has 3 aliphatic rings. The van der Waals surface area contributed by atoms with Gasteiger partial charge in [0.15, 0.2) is 0 Å². The molecule has 2 aliphatic carbocycles. The number of amides is 5. The van der Waals surface area contributed by atoms with Gasteiger partial charge in [-0.3, -0.25) is 14.4 Å². The molecule has 0 aromatic heterocycles. The average molecular weight is 751 g/mol. The first-order valence-corrected chi connectivity index (χ1v) is 20.4. The van der Waals surface area contributed by atoms with E-state index in [4.69, 9.17) is 0 Å². The summed E-state index contributed by atoms with van der Waals surface area (Å²) >= 11 is 0. The summed E-state index contributed by atoms with van der Waals surface area (Å²) in [6.45, 7) is 19.0. The number of hydrogen-bond donors (Lipinski definition) is 4. The summed E-state index contributed by atoms with van der Waals surface area (Å²) in [5.74, 6) is -2.75. The molecule has 16 heteroatoms. The van der Waals surface area contributed by atoms with Crippen molar-refractivity contribution in [1.29, 1.82) is 0 Å². The Bertz CT molecular complexity index is 1790. The van der Waals surface area contributed by atoms with Crippen LogP contribution in [0.4, 0.5) is 4.79 Å². The van der Waals surface area contributed by atoms with Crippen molar-refractivity contribution in [2.45, 2.75) is 90.4 Å². The van der Waals surface area contributed by atoms with Crippen LogP contribution >= 0.6 is 0 Å². The summed E-state index contributed by atoms with van der Waals surface area (Å²) < 4.78 is 53.6. The molecule has 4 N–H and O–H groups in total. The molecule has 1 aromatic carbocycles. The maximum atomic E-state index is 14.4. The Kier molecular flexibility index (Phi) is 10.6. The van der Waals surface area contributed by atoms with Crippen LogP contribution < -0.4 is 20.7 Å². The molecule has 0 radical (unpaired) electrons. The predicted octanol–water partition coefficient (Wildman–Crippen LogP) is 2.06. The minimum Gasteiger partial charge on any atom is -0.339 e. The summed E-state index contributed by atoms with van der Waals surface area (Å²) in [5, 5.41) is 8.49. The summed E-state index contributed by atoms with van der Waals surface area (Å²) in [7, 11) is -6.34. The molecule has 0 bridgehead atoms. The predicted molar refractivity (Wildman–Crippen MR) is 193 cm³/mol. The molecular weight excluding hydrogens is 697 g/mol. The summed E-state index contributed by atoms with van der Waals surface area (Å²) in [4.78, 5) is 57.1. The van der Waals surface area contributed by atoms with Crippen LogP contribution in [0.3, 0.4) is 0 Å². The van der Waals surface area contributed by atoms with Gasteiger partial charge in [-0.1, -0.05) is 79.7 Å². The Morgan fingerprint density at radius 3 is 2.08 bits per heavy atom. The minimum absolute atomic E-state index is 0.00434. The molecular formula is C35H54N6O8S2. The van der Waals surface area contributed by atoms with E-state index >= 15 is 0 Å². The number of carbonyl (C=O) groups excluding carboxylic acids is 4. The fourth-order valence-corrected chi connectivity index (χ4v) is 8.57. The number of nitrogens with zero attached hydrogens (tertiary/aromatic N) is 2. The fourth-order valence-electron chi connectivity index (χ4n) is 7.09. The van der Waals surface area contributed by atoms with Gasteiger partial charge in [-0.15, -0.1) is 6.58 Å². The summed E-state index contributed by atoms with van der Waals surface area (Å²) in [5.41, 5.74) is -3.21. The minimum atomic E-state index is -4.23. The molecule has 0 spiro atoms. The standard InChI is InChI=1S/C35H54N6O8S2/c1-12-21-18-35(21,30(44)39-51(48,49)22-16-14-13-15-17-22)38-28(42)26-25-23(34(25,8)9)19-41(26)29(43)27(33(5,6)7)37-31(45)36-24(32(2,3)4)20-40(10)50(11,46)47/h12-17,21,23-27H,1,18-20H2,2-11H3,(H,38,42)(H,39,44)(H2,36,37,45)/t21?,23-,24+,25-,26-,27+,35+/m0/s1. The number of urea groups is 1. The maximum absolute atomic E-state index is 14.4. The molecule has 1 heterocycles. The second-order valence-electron chi connectivity index (χ2n) is 17.0. The van der Waals surface area contributed by atoms with Gasteiger partial charge in [0.25, 0.3) is 15.9 Å². The van der Waals surface area contributed by atoms with Crippen LogP contribution in [-0.4, -0.2) is 99.9 Å². The lowest BCUT2D eigenvalue weighted by Crippen LogP contribution is -2.63. The first-order chi connectivity index (χ1) is 23.2. The number of benzene rings is 1. The SMILES string of the molecule is C=CC1C[C@]1(NC(=O)[C@@H]1[C@@H]2[C@H](CN1C(=O)[C@@H](NC(=O)N[C@H](CN(C)S(C)(=O)=O)C(C)(C)C)C(C)(C)C)C2(C)C)C(=O)NS(=O)(=O)c1ccccc1. The molecule has 14 nitrogen and oxygen atoms in total. The molecule has 1 aliphatic heterocycles. The van der Waals surface area contributed by atoms with Crippen molar-refractivity contribution in [3.63, 3.8) is 0 Å². The number of rotatable bonds is 12. The lowest BCUT2D eigenvalue weighted by molar-refractivity contribution is -0.144. The smallest absolute Gasteiger partial charge is 0.315 e. The van der Waals surface area contributed by atoms with E-state index in [9.17, 15) is 36.0 Å². The Morgan fingerprint density at radius 2 is 1.59 bits per heavy atom. The Hall–Kier alpha value is -3.50. The van der Waals surface area contributed by atoms with E-state index in [1.807, 2.05) is 34.6 Å². The van der Waals surface area contributed by atoms with Gasteiger partial charge < -0.3 is 20.9 Å². The number of piperidine rings is 1. The number of carbonyl (C=O) groups is 4. The van der Waals surface area contributed by atoms with E-state index in [2.05, 4.69) is 27.3 Å². The average Bonchev–Trinajstić information content (AvgIpc) is 3.76. The van der Waals surface area contributed by atoms with Gasteiger partial charge >= 0.3 is 6.03 Å². The van der Waals surface area contributed by atoms with Crippen LogP contribution in [0.15, 0.2) is 47.9 Å². The van der Waals surface area contributed by atoms with Gasteiger partial charge in [-0.2, -0.15) is 0 Å². The second-order valence-corrected chi connectivity index (χ2v) is 20.8. The number of likely N-dealkylation sites (tertiary alicyclic amines) is 1. The zero-order valence-electron chi connectivity index (χ0n) is 31.2. The first kappa shape index (κ1) is 40.3. The van der Waals surface area contributed by atoms with E-state index in [0.29, 0.717) is 0 Å². The van der Waals surface area contributed by atoms with Crippen LogP contribution in [0.2, 0.25) is 0 Å². The number of fused-ring (bicyclic) bond motifs is 1. The molecule has 2 saturated carbocycles. The molecule has 1 aromatic rings. The van der Waals surface area contributed by atoms with Gasteiger partial charge in [0.2, 0.25) is 21.8 Å². The zero-order valence-corrected chi connectivity index (χ0v) is 32.9. The topological polar surface area (TPSA) is 191 Å². The van der Waals surface area contributed by atoms with Crippen molar-refractivity contribution in [3.8, 4) is 0 Å². The Morgan fingerprint density at radius 1 is 1.00 bits per heavy atom. The van der Waals surface area contributed by atoms with Crippen molar-refractivity contribution >= 4 is 43.8 Å². The third-order valence-electron chi connectivity index (χ3n) is 10.8. The Balaban J connectivity index is 1.57. The number of sulfonamides is 2. The highest BCUT2D eigenvalue weighted by Crippen LogP contribution is 2.65. The highest BCUT2D eigenvalue weighted by molar-refractivity contribution is 7.90. The van der Waals surface area contributed by atoms with Crippen LogP contribution in [0.25, 0.3) is 0 Å². The van der Waals surface area contributed by atoms with Gasteiger partial charge in [0, 0.05) is 32.1 Å². The summed E-state index contributed by atoms with van der Waals surface area (Å²) in [6.07, 6.45) is 2.71. The maximum Gasteiger partial charge on any atom is 0.315 e. The highest BCUT2D eigenvalue weighted by atomic mass is 32.2. The van der Waals surface area contributed by atoms with E-state index in [1.165, 1.54) is 42.3 Å². The monoisotopic (exact) mass is 750 g/mol. The largest absolute Gasteiger partial charge is 0.339 e. The fraction of sp³-hybridized carbons (Fsp3) is 0.657. The third kappa shape index (κ3) is 8.27. The van der Waals surface area contributed by atoms with Crippen molar-refractivity contribution in [2.24, 2.45) is 34.0 Å². The van der Waals surface area contributed by atoms with E-state index < -0.39 is 84.2 Å². The molecule has 5 amide bonds. The van der Waals surface area contributed by atoms with Crippen LogP contribution in [0, 0.1) is 34.0 Å². The molecule has 284 valence electrons. The van der Waals surface area contributed by atoms with Crippen LogP contribution in [0.5, 0.6) is 0 Å². The van der Waals surface area contributed by atoms with Gasteiger partial charge in [-0.25, -0.2) is 30.7 Å². The van der Waals surface area contributed by atoms with Gasteiger partial charge in [-0.05, 0) is 46.6 Å². The third-order valence-corrected chi connectivity index (χ3v) is 13.5. The molecule has 1 unspecified atom stereocenters. The molecule has 3 fully saturated rings. The first-order valence-electron chi connectivity index (χ1n) is 17.0. The van der Waals surface area contributed by atoms with Gasteiger partial charge in [0.1, 0.15) is 17.6 Å². The number of likely N-dealkylation sites (N-methyl/N-ethyl adjacent to an activating group) is 1. The lowest BCUT2D eigenvalue weighted by Gasteiger charge is -2.39. The normalized spacial score (nSPS) is 26.7. The highest BCUT2D eigenvalue weighted by Gasteiger charge is 2.71. The zero-order chi connectivity index (χ0) is 38.7. The van der Waals surface area contributed by atoms with E-state index in [0.717, 1.165) is 10.6 Å². The number of nitrogens with one attached hydrogen (secondary N) is 4. The van der Waals surface area contributed by atoms with Gasteiger partial charge in [0.05, 0.1) is 11.2 Å². The van der Waals surface area contributed by atoms with Crippen molar-refractivity contribution in [1.82, 2.24) is 29.9 Å². The van der Waals surface area contributed by atoms with Crippen LogP contribution in [-0.2, 0) is 34.4 Å². The Labute approximate surface area is 302 Å². The molecule has 7 atom stereocenters. The van der Waals surface area contributed by atoms with Crippen molar-refractivity contribution < 1.29 is 36.0 Å². The summed E-state index contributed by atoms with van der Waals surface area (Å²) in [6, 6.07) is 4.06.